The van der Waals surface area contributed by atoms with E-state index in [4.69, 9.17) is 0 Å². The van der Waals surface area contributed by atoms with E-state index in [1.165, 1.54) is 55.9 Å². The number of rotatable bonds is 8. The molecule has 450 valence electrons. The van der Waals surface area contributed by atoms with Gasteiger partial charge >= 0.3 is 0 Å². The zero-order valence-electron chi connectivity index (χ0n) is 55.7. The highest BCUT2D eigenvalue weighted by atomic mass is 19.1. The first-order chi connectivity index (χ1) is 38.8. The van der Waals surface area contributed by atoms with Crippen LogP contribution >= 0.6 is 0 Å². The molecule has 0 atom stereocenters. The smallest absolute Gasteiger partial charge is 0.126 e. The van der Waals surface area contributed by atoms with Gasteiger partial charge in [0.2, 0.25) is 0 Å². The van der Waals surface area contributed by atoms with E-state index < -0.39 is 0 Å². The normalized spacial score (nSPS) is 10.5. The fraction of sp³-hybridized carbons (Fsp3) is 0.410. The van der Waals surface area contributed by atoms with Crippen molar-refractivity contribution < 1.29 is 13.2 Å². The molecule has 0 aliphatic heterocycles. The molecule has 0 amide bonds. The number of hydrogen-bond acceptors (Lipinski definition) is 2. The molecule has 0 unspecified atom stereocenters. The number of aryl methyl sites for hydroxylation is 8. The molecule has 2 nitrogen and oxygen atoms in total. The number of hydrogen-bond donors (Lipinski definition) is 0. The highest BCUT2D eigenvalue weighted by Crippen LogP contribution is 2.21. The second-order valence-electron chi connectivity index (χ2n) is 24.5. The van der Waals surface area contributed by atoms with Crippen molar-refractivity contribution in [3.05, 3.63) is 271 Å². The van der Waals surface area contributed by atoms with Gasteiger partial charge in [-0.1, -0.05) is 249 Å². The summed E-state index contributed by atoms with van der Waals surface area (Å²) in [6, 6.07) is 50.7. The fourth-order valence-corrected chi connectivity index (χ4v) is 7.53. The number of pyridine rings is 2. The largest absolute Gasteiger partial charge is 0.261 e. The second kappa shape index (κ2) is 39.0. The molecule has 0 saturated heterocycles. The van der Waals surface area contributed by atoms with Crippen LogP contribution in [0.4, 0.5) is 13.2 Å². The number of benzene rings is 6. The van der Waals surface area contributed by atoms with Gasteiger partial charge in [0.05, 0.1) is 0 Å². The van der Waals surface area contributed by atoms with E-state index in [2.05, 4.69) is 239 Å². The lowest BCUT2D eigenvalue weighted by molar-refractivity contribution is 0.597. The van der Waals surface area contributed by atoms with Crippen LogP contribution in [0.25, 0.3) is 0 Å². The maximum atomic E-state index is 13.1. The van der Waals surface area contributed by atoms with Crippen molar-refractivity contribution in [1.82, 2.24) is 9.97 Å². The summed E-state index contributed by atoms with van der Waals surface area (Å²) in [4.78, 5) is 8.56. The van der Waals surface area contributed by atoms with Crippen molar-refractivity contribution in [2.75, 3.05) is 0 Å². The van der Waals surface area contributed by atoms with E-state index in [1.807, 2.05) is 69.6 Å². The molecule has 0 aliphatic rings. The molecule has 0 aliphatic carbocycles. The van der Waals surface area contributed by atoms with Crippen molar-refractivity contribution in [2.24, 2.45) is 0 Å². The lowest BCUT2D eigenvalue weighted by Gasteiger charge is -2.06. The van der Waals surface area contributed by atoms with Gasteiger partial charge in [-0.3, -0.25) is 9.97 Å². The first-order valence-electron chi connectivity index (χ1n) is 30.2. The predicted octanol–water partition coefficient (Wildman–Crippen LogP) is 24.2. The standard InChI is InChI=1S/3C10H13F.3C10H14.2C9H13N/c2*1-7(2)9-5-4-8(3)10(11)6-9;1-7(2)9-5-4-8(3)6-10(9)11;3*1-8(2)10-6-4-9(3)5-7-10;2*1-7(2)9-5-4-8(3)6-10-9/h3*4-7H,1-3H3;3*4-8H,1-3H3;2*4-7H,1-3H3. The summed E-state index contributed by atoms with van der Waals surface area (Å²) in [5.41, 5.74) is 18.4. The molecule has 2 aromatic heterocycles. The van der Waals surface area contributed by atoms with Crippen LogP contribution in [0.15, 0.2) is 164 Å². The highest BCUT2D eigenvalue weighted by molar-refractivity contribution is 5.29. The SMILES string of the molecule is Cc1ccc(C(C)C)c(F)c1.Cc1ccc(C(C)C)cc1.Cc1ccc(C(C)C)cc1.Cc1ccc(C(C)C)cc1.Cc1ccc(C(C)C)cc1F.Cc1ccc(C(C)C)cc1F.Cc1ccc(C(C)C)nc1.Cc1ccc(C(C)C)nc1. The van der Waals surface area contributed by atoms with Gasteiger partial charge in [-0.2, -0.15) is 0 Å². The molecule has 8 rings (SSSR count). The average Bonchev–Trinajstić information content (AvgIpc) is 3.43. The summed E-state index contributed by atoms with van der Waals surface area (Å²) >= 11 is 0. The summed E-state index contributed by atoms with van der Waals surface area (Å²) in [6.07, 6.45) is 3.82. The summed E-state index contributed by atoms with van der Waals surface area (Å²) in [5.74, 6) is 3.85. The van der Waals surface area contributed by atoms with Crippen LogP contribution in [-0.2, 0) is 0 Å². The third-order valence-corrected chi connectivity index (χ3v) is 13.8. The van der Waals surface area contributed by atoms with Gasteiger partial charge in [-0.25, -0.2) is 13.2 Å². The van der Waals surface area contributed by atoms with Crippen molar-refractivity contribution in [3.63, 3.8) is 0 Å². The van der Waals surface area contributed by atoms with Gasteiger partial charge < -0.3 is 0 Å². The van der Waals surface area contributed by atoms with Crippen LogP contribution in [0.2, 0.25) is 0 Å². The Bertz CT molecular complexity index is 2640. The number of nitrogens with zero attached hydrogens (tertiary/aromatic N) is 2. The van der Waals surface area contributed by atoms with Gasteiger partial charge in [0, 0.05) is 23.8 Å². The van der Waals surface area contributed by atoms with Gasteiger partial charge in [0.25, 0.3) is 0 Å². The van der Waals surface area contributed by atoms with Crippen LogP contribution in [0.5, 0.6) is 0 Å². The highest BCUT2D eigenvalue weighted by Gasteiger charge is 2.06. The molecule has 5 heteroatoms. The summed E-state index contributed by atoms with van der Waals surface area (Å²) < 4.78 is 39.0. The molecular formula is C78H107F3N2. The maximum absolute atomic E-state index is 13.1. The Kier molecular flexibility index (Phi) is 35.0. The van der Waals surface area contributed by atoms with Crippen molar-refractivity contribution in [3.8, 4) is 0 Å². The minimum atomic E-state index is -0.101. The quantitative estimate of drug-likeness (QED) is 0.152. The van der Waals surface area contributed by atoms with E-state index in [1.54, 1.807) is 32.0 Å². The Morgan fingerprint density at radius 3 is 0.723 bits per heavy atom. The first-order valence-corrected chi connectivity index (χ1v) is 30.2. The van der Waals surface area contributed by atoms with E-state index in [-0.39, 0.29) is 23.4 Å². The van der Waals surface area contributed by atoms with Crippen LogP contribution in [0.1, 0.15) is 247 Å². The number of halogens is 3. The Morgan fingerprint density at radius 1 is 0.241 bits per heavy atom. The summed E-state index contributed by atoms with van der Waals surface area (Å²) in [7, 11) is 0. The maximum Gasteiger partial charge on any atom is 0.126 e. The van der Waals surface area contributed by atoms with Gasteiger partial charge in [0.15, 0.2) is 0 Å². The molecule has 0 spiro atoms. The second-order valence-corrected chi connectivity index (χ2v) is 24.5. The summed E-state index contributed by atoms with van der Waals surface area (Å²) in [5, 5.41) is 0. The minimum Gasteiger partial charge on any atom is -0.261 e. The predicted molar refractivity (Wildman–Crippen MR) is 358 cm³/mol. The van der Waals surface area contributed by atoms with Crippen molar-refractivity contribution >= 4 is 0 Å². The van der Waals surface area contributed by atoms with Crippen LogP contribution in [0.3, 0.4) is 0 Å². The van der Waals surface area contributed by atoms with Gasteiger partial charge in [0.1, 0.15) is 17.5 Å². The van der Waals surface area contributed by atoms with E-state index in [0.29, 0.717) is 41.4 Å². The monoisotopic (exact) mass is 1130 g/mol. The van der Waals surface area contributed by atoms with Crippen LogP contribution < -0.4 is 0 Å². The minimum absolute atomic E-state index is 0.0833. The fourth-order valence-electron chi connectivity index (χ4n) is 7.53. The Morgan fingerprint density at radius 2 is 0.506 bits per heavy atom. The molecule has 8 aromatic rings. The topological polar surface area (TPSA) is 25.8 Å². The molecular weight excluding hydrogens is 1020 g/mol. The van der Waals surface area contributed by atoms with Gasteiger partial charge in [-0.05, 0) is 194 Å². The molecule has 0 saturated carbocycles. The van der Waals surface area contributed by atoms with E-state index >= 15 is 0 Å². The molecule has 2 heterocycles. The molecule has 0 fully saturated rings. The molecule has 83 heavy (non-hydrogen) atoms. The Labute approximate surface area is 504 Å². The number of aromatic nitrogens is 2. The molecule has 0 N–H and O–H groups in total. The third kappa shape index (κ3) is 31.0. The molecule has 0 radical (unpaired) electrons. The molecule has 0 bridgehead atoms. The van der Waals surface area contributed by atoms with Gasteiger partial charge in [-0.15, -0.1) is 0 Å². The van der Waals surface area contributed by atoms with Crippen molar-refractivity contribution in [2.45, 2.75) is 214 Å². The lowest BCUT2D eigenvalue weighted by Crippen LogP contribution is -1.92. The zero-order valence-corrected chi connectivity index (χ0v) is 55.7. The lowest BCUT2D eigenvalue weighted by atomic mass is 10.0. The summed E-state index contributed by atoms with van der Waals surface area (Å²) in [6.45, 7) is 50.0. The zero-order chi connectivity index (χ0) is 63.1. The first kappa shape index (κ1) is 74.4. The van der Waals surface area contributed by atoms with Crippen LogP contribution in [0, 0.1) is 72.8 Å². The Hall–Kier alpha value is -6.59. The van der Waals surface area contributed by atoms with Crippen molar-refractivity contribution in [1.29, 1.82) is 0 Å². The Balaban J connectivity index is 0.000000474. The molecule has 6 aromatic carbocycles. The van der Waals surface area contributed by atoms with E-state index in [0.717, 1.165) is 33.4 Å². The average molecular weight is 1130 g/mol. The van der Waals surface area contributed by atoms with Crippen LogP contribution in [-0.4, -0.2) is 9.97 Å². The third-order valence-electron chi connectivity index (χ3n) is 13.8. The van der Waals surface area contributed by atoms with E-state index in [9.17, 15) is 13.2 Å².